The molecule has 0 aliphatic rings. The Labute approximate surface area is 106 Å². The fourth-order valence-electron chi connectivity index (χ4n) is 1.27. The largest absolute Gasteiger partial charge is 0.573 e. The molecule has 0 unspecified atom stereocenters. The van der Waals surface area contributed by atoms with E-state index >= 15 is 0 Å². The van der Waals surface area contributed by atoms with Crippen LogP contribution in [0.15, 0.2) is 18.2 Å². The van der Waals surface area contributed by atoms with E-state index in [-0.39, 0.29) is 11.3 Å². The van der Waals surface area contributed by atoms with Gasteiger partial charge in [-0.05, 0) is 18.2 Å². The van der Waals surface area contributed by atoms with E-state index in [2.05, 4.69) is 14.8 Å². The van der Waals surface area contributed by atoms with Gasteiger partial charge in [0.15, 0.2) is 5.75 Å². The first-order valence-corrected chi connectivity index (χ1v) is 4.98. The van der Waals surface area contributed by atoms with Gasteiger partial charge >= 0.3 is 12.3 Å². The highest BCUT2D eigenvalue weighted by atomic mass is 19.4. The summed E-state index contributed by atoms with van der Waals surface area (Å²) in [6, 6.07) is 3.17. The minimum absolute atomic E-state index is 0.129. The van der Waals surface area contributed by atoms with Crippen LogP contribution in [0.4, 0.5) is 18.9 Å². The molecule has 0 radical (unpaired) electrons. The Kier molecular flexibility index (Phi) is 4.36. The molecule has 1 amide bonds. The average Bonchev–Trinajstić information content (AvgIpc) is 2.28. The molecule has 1 N–H and O–H groups in total. The molecule has 0 fully saturated rings. The van der Waals surface area contributed by atoms with Crippen LogP contribution < -0.4 is 10.1 Å². The molecule has 0 saturated heterocycles. The van der Waals surface area contributed by atoms with Crippen molar-refractivity contribution in [3.8, 4) is 5.75 Å². The molecule has 0 aliphatic carbocycles. The first-order valence-electron chi connectivity index (χ1n) is 4.98. The van der Waals surface area contributed by atoms with Crippen LogP contribution >= 0.6 is 0 Å². The molecular formula is C11H10F3NO4. The van der Waals surface area contributed by atoms with Gasteiger partial charge in [-0.3, -0.25) is 4.79 Å². The summed E-state index contributed by atoms with van der Waals surface area (Å²) < 4.78 is 44.8. The van der Waals surface area contributed by atoms with Gasteiger partial charge in [-0.1, -0.05) is 0 Å². The number of benzene rings is 1. The maximum atomic E-state index is 12.2. The third-order valence-electron chi connectivity index (χ3n) is 1.94. The second-order valence-corrected chi connectivity index (χ2v) is 3.43. The van der Waals surface area contributed by atoms with Crippen LogP contribution in [0.3, 0.4) is 0 Å². The minimum Gasteiger partial charge on any atom is -0.465 e. The van der Waals surface area contributed by atoms with Gasteiger partial charge in [0.25, 0.3) is 0 Å². The van der Waals surface area contributed by atoms with Gasteiger partial charge in [0.2, 0.25) is 5.91 Å². The van der Waals surface area contributed by atoms with Crippen molar-refractivity contribution in [2.45, 2.75) is 13.3 Å². The molecular weight excluding hydrogens is 267 g/mol. The lowest BCUT2D eigenvalue weighted by Crippen LogP contribution is -2.19. The number of alkyl halides is 3. The molecule has 104 valence electrons. The molecule has 0 spiro atoms. The average molecular weight is 277 g/mol. The van der Waals surface area contributed by atoms with Gasteiger partial charge in [0, 0.05) is 6.92 Å². The second-order valence-electron chi connectivity index (χ2n) is 3.43. The van der Waals surface area contributed by atoms with E-state index in [1.165, 1.54) is 6.07 Å². The van der Waals surface area contributed by atoms with Crippen LogP contribution in [0.1, 0.15) is 17.3 Å². The first kappa shape index (κ1) is 14.8. The summed E-state index contributed by atoms with van der Waals surface area (Å²) in [4.78, 5) is 22.1. The number of carbonyl (C=O) groups excluding carboxylic acids is 2. The number of carbonyl (C=O) groups is 2. The Morgan fingerprint density at radius 1 is 1.26 bits per heavy atom. The van der Waals surface area contributed by atoms with Crippen molar-refractivity contribution in [2.24, 2.45) is 0 Å². The zero-order valence-corrected chi connectivity index (χ0v) is 10.00. The van der Waals surface area contributed by atoms with Crippen LogP contribution in [0.25, 0.3) is 0 Å². The number of rotatable bonds is 3. The molecule has 1 rings (SSSR count). The fraction of sp³-hybridized carbons (Fsp3) is 0.273. The molecule has 0 aliphatic heterocycles. The zero-order chi connectivity index (χ0) is 14.6. The minimum atomic E-state index is -4.94. The number of hydrogen-bond donors (Lipinski definition) is 1. The van der Waals surface area contributed by atoms with Crippen LogP contribution in [-0.2, 0) is 9.53 Å². The predicted octanol–water partition coefficient (Wildman–Crippen LogP) is 2.33. The highest BCUT2D eigenvalue weighted by Gasteiger charge is 2.32. The van der Waals surface area contributed by atoms with Crippen molar-refractivity contribution in [2.75, 3.05) is 12.4 Å². The van der Waals surface area contributed by atoms with Crippen LogP contribution in [0.5, 0.6) is 5.75 Å². The number of esters is 1. The normalized spacial score (nSPS) is 10.8. The van der Waals surface area contributed by atoms with Gasteiger partial charge in [-0.2, -0.15) is 0 Å². The third-order valence-corrected chi connectivity index (χ3v) is 1.94. The zero-order valence-electron chi connectivity index (χ0n) is 10.00. The summed E-state index contributed by atoms with van der Waals surface area (Å²) in [6.45, 7) is 1.13. The van der Waals surface area contributed by atoms with E-state index in [9.17, 15) is 22.8 Å². The summed E-state index contributed by atoms with van der Waals surface area (Å²) in [5, 5.41) is 2.16. The van der Waals surface area contributed by atoms with Crippen LogP contribution in [0.2, 0.25) is 0 Å². The molecule has 8 heteroatoms. The number of hydrogen-bond acceptors (Lipinski definition) is 4. The summed E-state index contributed by atoms with van der Waals surface area (Å²) in [6.07, 6.45) is -4.94. The van der Waals surface area contributed by atoms with Crippen molar-refractivity contribution >= 4 is 17.6 Å². The van der Waals surface area contributed by atoms with Crippen molar-refractivity contribution in [1.82, 2.24) is 0 Å². The second kappa shape index (κ2) is 5.59. The molecule has 5 nitrogen and oxygen atoms in total. The van der Waals surface area contributed by atoms with Crippen molar-refractivity contribution in [1.29, 1.82) is 0 Å². The quantitative estimate of drug-likeness (QED) is 0.861. The lowest BCUT2D eigenvalue weighted by molar-refractivity contribution is -0.274. The van der Waals surface area contributed by atoms with Gasteiger partial charge in [0.05, 0.1) is 18.4 Å². The molecule has 0 bridgehead atoms. The van der Waals surface area contributed by atoms with E-state index in [1.807, 2.05) is 0 Å². The topological polar surface area (TPSA) is 64.6 Å². The molecule has 19 heavy (non-hydrogen) atoms. The predicted molar refractivity (Wildman–Crippen MR) is 58.8 cm³/mol. The number of halogens is 3. The molecule has 0 aromatic heterocycles. The van der Waals surface area contributed by atoms with Crippen molar-refractivity contribution in [3.63, 3.8) is 0 Å². The monoisotopic (exact) mass is 277 g/mol. The smallest absolute Gasteiger partial charge is 0.465 e. The summed E-state index contributed by atoms with van der Waals surface area (Å²) >= 11 is 0. The molecule has 0 heterocycles. The summed E-state index contributed by atoms with van der Waals surface area (Å²) in [5.74, 6) is -2.08. The van der Waals surface area contributed by atoms with Crippen LogP contribution in [-0.4, -0.2) is 25.3 Å². The van der Waals surface area contributed by atoms with E-state index in [4.69, 9.17) is 0 Å². The Morgan fingerprint density at radius 2 is 1.89 bits per heavy atom. The first-order chi connectivity index (χ1) is 8.73. The number of methoxy groups -OCH3 is 1. The van der Waals surface area contributed by atoms with Gasteiger partial charge in [0.1, 0.15) is 0 Å². The number of nitrogens with one attached hydrogen (secondary N) is 1. The Morgan fingerprint density at radius 3 is 2.37 bits per heavy atom. The number of ether oxygens (including phenoxy) is 2. The Hall–Kier alpha value is -2.25. The maximum absolute atomic E-state index is 12.2. The molecule has 1 aromatic rings. The van der Waals surface area contributed by atoms with E-state index in [1.54, 1.807) is 0 Å². The summed E-state index contributed by atoms with van der Waals surface area (Å²) in [7, 11) is 1.09. The molecule has 0 atom stereocenters. The Bertz CT molecular complexity index is 499. The molecule has 1 aromatic carbocycles. The maximum Gasteiger partial charge on any atom is 0.573 e. The van der Waals surface area contributed by atoms with E-state index < -0.39 is 24.0 Å². The Balaban J connectivity index is 3.17. The van der Waals surface area contributed by atoms with E-state index in [0.29, 0.717) is 0 Å². The lowest BCUT2D eigenvalue weighted by Gasteiger charge is -2.14. The highest BCUT2D eigenvalue weighted by Crippen LogP contribution is 2.31. The number of amides is 1. The fourth-order valence-corrected chi connectivity index (χ4v) is 1.27. The highest BCUT2D eigenvalue weighted by molar-refractivity contribution is 5.94. The standard InChI is InChI=1S/C11H10F3NO4/c1-6(16)15-8-4-3-7(10(17)18-2)5-9(8)19-11(12,13)14/h3-5H,1-2H3,(H,15,16). The third kappa shape index (κ3) is 4.49. The van der Waals surface area contributed by atoms with Crippen molar-refractivity contribution < 1.29 is 32.2 Å². The molecule has 0 saturated carbocycles. The number of anilines is 1. The lowest BCUT2D eigenvalue weighted by atomic mass is 10.2. The van der Waals surface area contributed by atoms with Gasteiger partial charge < -0.3 is 14.8 Å². The van der Waals surface area contributed by atoms with E-state index in [0.717, 1.165) is 26.2 Å². The van der Waals surface area contributed by atoms with Crippen LogP contribution in [0, 0.1) is 0 Å². The van der Waals surface area contributed by atoms with Crippen molar-refractivity contribution in [3.05, 3.63) is 23.8 Å². The van der Waals surface area contributed by atoms with Gasteiger partial charge in [-0.25, -0.2) is 4.79 Å². The summed E-state index contributed by atoms with van der Waals surface area (Å²) in [5.41, 5.74) is -0.326. The van der Waals surface area contributed by atoms with Gasteiger partial charge in [-0.15, -0.1) is 13.2 Å². The SMILES string of the molecule is COC(=O)c1ccc(NC(C)=O)c(OC(F)(F)F)c1.